The van der Waals surface area contributed by atoms with Crippen LogP contribution in [0.5, 0.6) is 0 Å². The van der Waals surface area contributed by atoms with Crippen molar-refractivity contribution in [1.82, 2.24) is 4.98 Å². The van der Waals surface area contributed by atoms with E-state index in [4.69, 9.17) is 11.6 Å². The summed E-state index contributed by atoms with van der Waals surface area (Å²) in [7, 11) is 0. The van der Waals surface area contributed by atoms with Gasteiger partial charge in [0.05, 0.1) is 15.5 Å². The molecule has 3 rings (SSSR count). The summed E-state index contributed by atoms with van der Waals surface area (Å²) in [6.07, 6.45) is 0. The van der Waals surface area contributed by atoms with Crippen LogP contribution in [-0.4, -0.2) is 16.1 Å². The molecule has 1 heterocycles. The number of aromatic nitrogens is 1. The zero-order chi connectivity index (χ0) is 15.5. The molecular formula is C16H13ClN2OS2. The lowest BCUT2D eigenvalue weighted by atomic mass is 10.3. The minimum atomic E-state index is -0.226. The summed E-state index contributed by atoms with van der Waals surface area (Å²) < 4.78 is 2.04. The maximum absolute atomic E-state index is 12.2. The predicted molar refractivity (Wildman–Crippen MR) is 95.0 cm³/mol. The molecule has 112 valence electrons. The first kappa shape index (κ1) is 15.3. The van der Waals surface area contributed by atoms with E-state index in [2.05, 4.69) is 10.3 Å². The molecule has 6 heteroatoms. The van der Waals surface area contributed by atoms with Gasteiger partial charge in [-0.3, -0.25) is 4.79 Å². The Kier molecular flexibility index (Phi) is 4.66. The minimum absolute atomic E-state index is 0.0495. The lowest BCUT2D eigenvalue weighted by molar-refractivity contribution is -0.115. The molecule has 0 aliphatic carbocycles. The number of nitrogens with one attached hydrogen (secondary N) is 1. The van der Waals surface area contributed by atoms with Crippen molar-refractivity contribution in [2.45, 2.75) is 16.5 Å². The standard InChI is InChI=1S/C16H13ClN2OS2/c1-10(15(20)18-12-8-6-11(17)7-9-12)21-16-19-13-4-2-3-5-14(13)22-16/h2-10H,1H3,(H,18,20)/t10-/m0/s1. The van der Waals surface area contributed by atoms with E-state index >= 15 is 0 Å². The lowest BCUT2D eigenvalue weighted by Crippen LogP contribution is -2.22. The highest BCUT2D eigenvalue weighted by Crippen LogP contribution is 2.32. The molecule has 1 aromatic heterocycles. The number of nitrogens with zero attached hydrogens (tertiary/aromatic N) is 1. The summed E-state index contributed by atoms with van der Waals surface area (Å²) in [5.41, 5.74) is 1.71. The highest BCUT2D eigenvalue weighted by atomic mass is 35.5. The van der Waals surface area contributed by atoms with E-state index in [1.165, 1.54) is 11.8 Å². The van der Waals surface area contributed by atoms with Crippen LogP contribution in [0.25, 0.3) is 10.2 Å². The number of halogens is 1. The fourth-order valence-electron chi connectivity index (χ4n) is 1.88. The van der Waals surface area contributed by atoms with Crippen molar-refractivity contribution in [2.24, 2.45) is 0 Å². The molecule has 3 aromatic rings. The predicted octanol–water partition coefficient (Wildman–Crippen LogP) is 5.07. The number of hydrogen-bond acceptors (Lipinski definition) is 4. The monoisotopic (exact) mass is 348 g/mol. The average molecular weight is 349 g/mol. The largest absolute Gasteiger partial charge is 0.325 e. The third-order valence-electron chi connectivity index (χ3n) is 3.03. The molecule has 1 N–H and O–H groups in total. The van der Waals surface area contributed by atoms with E-state index in [0.717, 1.165) is 20.2 Å². The first-order valence-electron chi connectivity index (χ1n) is 6.70. The fraction of sp³-hybridized carbons (Fsp3) is 0.125. The van der Waals surface area contributed by atoms with Gasteiger partial charge in [-0.2, -0.15) is 0 Å². The Balaban J connectivity index is 1.66. The second kappa shape index (κ2) is 6.69. The highest BCUT2D eigenvalue weighted by Gasteiger charge is 2.17. The Morgan fingerprint density at radius 1 is 1.23 bits per heavy atom. The van der Waals surface area contributed by atoms with Crippen LogP contribution < -0.4 is 5.32 Å². The number of carbonyl (C=O) groups is 1. The smallest absolute Gasteiger partial charge is 0.237 e. The van der Waals surface area contributed by atoms with Crippen LogP contribution in [0, 0.1) is 0 Å². The lowest BCUT2D eigenvalue weighted by Gasteiger charge is -2.10. The summed E-state index contributed by atoms with van der Waals surface area (Å²) in [4.78, 5) is 16.8. The fourth-order valence-corrected chi connectivity index (χ4v) is 4.22. The van der Waals surface area contributed by atoms with Crippen LogP contribution in [0.3, 0.4) is 0 Å². The Morgan fingerprint density at radius 2 is 1.95 bits per heavy atom. The van der Waals surface area contributed by atoms with E-state index in [9.17, 15) is 4.79 Å². The molecule has 0 aliphatic rings. The molecule has 0 fully saturated rings. The van der Waals surface area contributed by atoms with E-state index in [0.29, 0.717) is 5.02 Å². The molecule has 22 heavy (non-hydrogen) atoms. The Labute approximate surface area is 141 Å². The normalized spacial score (nSPS) is 12.3. The summed E-state index contributed by atoms with van der Waals surface area (Å²) in [5, 5.41) is 3.30. The number of thiazole rings is 1. The molecule has 0 saturated heterocycles. The minimum Gasteiger partial charge on any atom is -0.325 e. The van der Waals surface area contributed by atoms with Crippen molar-refractivity contribution in [1.29, 1.82) is 0 Å². The molecule has 1 atom stereocenters. The zero-order valence-corrected chi connectivity index (χ0v) is 14.1. The number of benzene rings is 2. The number of carbonyl (C=O) groups excluding carboxylic acids is 1. The Bertz CT molecular complexity index is 768. The van der Waals surface area contributed by atoms with Gasteiger partial charge in [-0.15, -0.1) is 11.3 Å². The maximum atomic E-state index is 12.2. The summed E-state index contributed by atoms with van der Waals surface area (Å²) in [6, 6.07) is 15.1. The second-order valence-electron chi connectivity index (χ2n) is 4.70. The Morgan fingerprint density at radius 3 is 2.68 bits per heavy atom. The number of fused-ring (bicyclic) bond motifs is 1. The second-order valence-corrected chi connectivity index (χ2v) is 7.76. The van der Waals surface area contributed by atoms with Crippen LogP contribution in [0.4, 0.5) is 5.69 Å². The van der Waals surface area contributed by atoms with Gasteiger partial charge in [-0.25, -0.2) is 4.98 Å². The van der Waals surface area contributed by atoms with Crippen molar-refractivity contribution < 1.29 is 4.79 Å². The summed E-state index contributed by atoms with van der Waals surface area (Å²) in [5.74, 6) is -0.0495. The first-order valence-corrected chi connectivity index (χ1v) is 8.78. The van der Waals surface area contributed by atoms with Crippen molar-refractivity contribution in [3.8, 4) is 0 Å². The number of hydrogen-bond donors (Lipinski definition) is 1. The van der Waals surface area contributed by atoms with Gasteiger partial charge in [-0.05, 0) is 43.3 Å². The van der Waals surface area contributed by atoms with E-state index < -0.39 is 0 Å². The number of amides is 1. The van der Waals surface area contributed by atoms with Gasteiger partial charge in [0.25, 0.3) is 0 Å². The van der Waals surface area contributed by atoms with Gasteiger partial charge >= 0.3 is 0 Å². The Hall–Kier alpha value is -1.56. The maximum Gasteiger partial charge on any atom is 0.237 e. The van der Waals surface area contributed by atoms with Crippen LogP contribution in [-0.2, 0) is 4.79 Å². The van der Waals surface area contributed by atoms with Crippen LogP contribution >= 0.6 is 34.7 Å². The van der Waals surface area contributed by atoms with Crippen molar-refractivity contribution in [3.05, 3.63) is 53.6 Å². The molecule has 3 nitrogen and oxygen atoms in total. The molecule has 0 radical (unpaired) electrons. The number of rotatable bonds is 4. The van der Waals surface area contributed by atoms with Crippen LogP contribution in [0.2, 0.25) is 5.02 Å². The van der Waals surface area contributed by atoms with Crippen LogP contribution in [0.1, 0.15) is 6.92 Å². The van der Waals surface area contributed by atoms with Crippen LogP contribution in [0.15, 0.2) is 52.9 Å². The number of anilines is 1. The van der Waals surface area contributed by atoms with E-state index in [1.807, 2.05) is 31.2 Å². The topological polar surface area (TPSA) is 42.0 Å². The zero-order valence-electron chi connectivity index (χ0n) is 11.7. The van der Waals surface area contributed by atoms with Gasteiger partial charge in [0.2, 0.25) is 5.91 Å². The quantitative estimate of drug-likeness (QED) is 0.669. The molecule has 0 unspecified atom stereocenters. The third kappa shape index (κ3) is 3.61. The first-order chi connectivity index (χ1) is 10.6. The molecule has 0 bridgehead atoms. The average Bonchev–Trinajstić information content (AvgIpc) is 2.91. The van der Waals surface area contributed by atoms with Gasteiger partial charge in [0.1, 0.15) is 0 Å². The van der Waals surface area contributed by atoms with Gasteiger partial charge in [0, 0.05) is 10.7 Å². The molecule has 1 amide bonds. The summed E-state index contributed by atoms with van der Waals surface area (Å²) in [6.45, 7) is 1.88. The van der Waals surface area contributed by atoms with Gasteiger partial charge < -0.3 is 5.32 Å². The molecule has 0 spiro atoms. The van der Waals surface area contributed by atoms with Gasteiger partial charge in [0.15, 0.2) is 4.34 Å². The molecule has 0 aliphatic heterocycles. The summed E-state index contributed by atoms with van der Waals surface area (Å²) >= 11 is 8.91. The van der Waals surface area contributed by atoms with Crippen molar-refractivity contribution >= 4 is 56.5 Å². The molecular weight excluding hydrogens is 336 g/mol. The third-order valence-corrected chi connectivity index (χ3v) is 5.52. The van der Waals surface area contributed by atoms with E-state index in [-0.39, 0.29) is 11.2 Å². The van der Waals surface area contributed by atoms with E-state index in [1.54, 1.807) is 35.6 Å². The number of thioether (sulfide) groups is 1. The molecule has 0 saturated carbocycles. The van der Waals surface area contributed by atoms with Crippen molar-refractivity contribution in [3.63, 3.8) is 0 Å². The van der Waals surface area contributed by atoms with Gasteiger partial charge in [-0.1, -0.05) is 35.5 Å². The van der Waals surface area contributed by atoms with Crippen molar-refractivity contribution in [2.75, 3.05) is 5.32 Å². The highest BCUT2D eigenvalue weighted by molar-refractivity contribution is 8.02. The molecule has 2 aromatic carbocycles. The SMILES string of the molecule is C[C@H](Sc1nc2ccccc2s1)C(=O)Nc1ccc(Cl)cc1. The number of para-hydroxylation sites is 1.